The van der Waals surface area contributed by atoms with E-state index in [9.17, 15) is 5.11 Å². The molecule has 3 heterocycles. The maximum absolute atomic E-state index is 10.5. The van der Waals surface area contributed by atoms with Crippen LogP contribution in [-0.4, -0.2) is 27.1 Å². The minimum absolute atomic E-state index is 0.285. The minimum atomic E-state index is -0.561. The Kier molecular flexibility index (Phi) is 5.89. The number of aliphatic hydroxyl groups is 1. The van der Waals surface area contributed by atoms with Gasteiger partial charge in [0.25, 0.3) is 0 Å². The normalized spacial score (nSPS) is 20.3. The average molecular weight is 350 g/mol. The standard InChI is InChI=1S/C18H27N3O2S/c1-13(2)11-17-19-18(24-20-17)21-9-5-3-4-7-14(21)12-15(22)16-8-6-10-23-16/h6,8,10,13-15,22H,3-5,7,9,11-12H2,1-2H3. The van der Waals surface area contributed by atoms with Crippen molar-refractivity contribution < 1.29 is 9.52 Å². The quantitative estimate of drug-likeness (QED) is 0.847. The first-order valence-electron chi connectivity index (χ1n) is 8.94. The molecule has 0 amide bonds. The van der Waals surface area contributed by atoms with Gasteiger partial charge in [0, 0.05) is 37.0 Å². The highest BCUT2D eigenvalue weighted by atomic mass is 32.1. The molecular formula is C18H27N3O2S. The van der Waals surface area contributed by atoms with E-state index < -0.39 is 6.10 Å². The smallest absolute Gasteiger partial charge is 0.205 e. The van der Waals surface area contributed by atoms with Crippen molar-refractivity contribution >= 4 is 16.7 Å². The molecule has 2 aromatic rings. The second-order valence-corrected chi connectivity index (χ2v) is 7.78. The molecule has 132 valence electrons. The fourth-order valence-electron chi connectivity index (χ4n) is 3.34. The lowest BCUT2D eigenvalue weighted by Gasteiger charge is -2.30. The molecule has 6 heteroatoms. The first-order chi connectivity index (χ1) is 11.6. The van der Waals surface area contributed by atoms with Crippen molar-refractivity contribution in [3.8, 4) is 0 Å². The predicted molar refractivity (Wildman–Crippen MR) is 96.3 cm³/mol. The molecule has 0 aliphatic carbocycles. The Morgan fingerprint density at radius 3 is 3.00 bits per heavy atom. The number of hydrogen-bond acceptors (Lipinski definition) is 6. The Hall–Kier alpha value is -1.40. The number of furan rings is 1. The van der Waals surface area contributed by atoms with Crippen LogP contribution in [0.4, 0.5) is 5.13 Å². The van der Waals surface area contributed by atoms with Crippen molar-refractivity contribution in [1.82, 2.24) is 9.36 Å². The predicted octanol–water partition coefficient (Wildman–Crippen LogP) is 4.20. The molecule has 1 aliphatic heterocycles. The van der Waals surface area contributed by atoms with E-state index >= 15 is 0 Å². The van der Waals surface area contributed by atoms with Crippen LogP contribution in [-0.2, 0) is 6.42 Å². The highest BCUT2D eigenvalue weighted by Gasteiger charge is 2.27. The third-order valence-electron chi connectivity index (χ3n) is 4.54. The molecule has 1 fully saturated rings. The fraction of sp³-hybridized carbons (Fsp3) is 0.667. The number of rotatable bonds is 6. The van der Waals surface area contributed by atoms with Gasteiger partial charge in [0.2, 0.25) is 5.13 Å². The van der Waals surface area contributed by atoms with Crippen LogP contribution in [0.15, 0.2) is 22.8 Å². The van der Waals surface area contributed by atoms with E-state index in [2.05, 4.69) is 23.1 Å². The topological polar surface area (TPSA) is 62.4 Å². The van der Waals surface area contributed by atoms with Gasteiger partial charge in [-0.1, -0.05) is 26.7 Å². The minimum Gasteiger partial charge on any atom is -0.467 e. The van der Waals surface area contributed by atoms with Crippen LogP contribution >= 0.6 is 11.5 Å². The SMILES string of the molecule is CC(C)Cc1nsc(N2CCCCCC2CC(O)c2ccco2)n1. The Morgan fingerprint density at radius 2 is 2.25 bits per heavy atom. The van der Waals surface area contributed by atoms with Crippen LogP contribution in [0.25, 0.3) is 0 Å². The lowest BCUT2D eigenvalue weighted by Crippen LogP contribution is -2.36. The van der Waals surface area contributed by atoms with Gasteiger partial charge in [-0.25, -0.2) is 4.98 Å². The number of aliphatic hydroxyl groups excluding tert-OH is 1. The van der Waals surface area contributed by atoms with E-state index in [1.54, 1.807) is 6.26 Å². The van der Waals surface area contributed by atoms with Crippen LogP contribution < -0.4 is 4.90 Å². The summed E-state index contributed by atoms with van der Waals surface area (Å²) < 4.78 is 9.90. The molecule has 0 radical (unpaired) electrons. The van der Waals surface area contributed by atoms with Gasteiger partial charge >= 0.3 is 0 Å². The van der Waals surface area contributed by atoms with Crippen molar-refractivity contribution in [2.24, 2.45) is 5.92 Å². The Morgan fingerprint density at radius 1 is 1.38 bits per heavy atom. The zero-order chi connectivity index (χ0) is 16.9. The van der Waals surface area contributed by atoms with Gasteiger partial charge in [-0.3, -0.25) is 0 Å². The van der Waals surface area contributed by atoms with E-state index in [1.165, 1.54) is 30.8 Å². The lowest BCUT2D eigenvalue weighted by molar-refractivity contribution is 0.129. The van der Waals surface area contributed by atoms with Crippen molar-refractivity contribution in [2.75, 3.05) is 11.4 Å². The lowest BCUT2D eigenvalue weighted by atomic mass is 10.0. The Balaban J connectivity index is 1.73. The molecule has 0 aromatic carbocycles. The molecule has 2 atom stereocenters. The molecule has 5 nitrogen and oxygen atoms in total. The van der Waals surface area contributed by atoms with Gasteiger partial charge in [-0.2, -0.15) is 4.37 Å². The molecule has 2 aromatic heterocycles. The largest absolute Gasteiger partial charge is 0.467 e. The maximum Gasteiger partial charge on any atom is 0.205 e. The molecular weight excluding hydrogens is 322 g/mol. The monoisotopic (exact) mass is 349 g/mol. The molecule has 3 rings (SSSR count). The zero-order valence-electron chi connectivity index (χ0n) is 14.5. The van der Waals surface area contributed by atoms with E-state index in [0.29, 0.717) is 18.1 Å². The van der Waals surface area contributed by atoms with Gasteiger partial charge < -0.3 is 14.4 Å². The van der Waals surface area contributed by atoms with Crippen LogP contribution in [0.1, 0.15) is 63.6 Å². The Bertz CT molecular complexity index is 612. The van der Waals surface area contributed by atoms with Gasteiger partial charge in [-0.05, 0) is 30.9 Å². The van der Waals surface area contributed by atoms with Crippen LogP contribution in [0.5, 0.6) is 0 Å². The van der Waals surface area contributed by atoms with Gasteiger partial charge in [-0.15, -0.1) is 0 Å². The summed E-state index contributed by atoms with van der Waals surface area (Å²) in [6.07, 6.45) is 7.34. The van der Waals surface area contributed by atoms with Gasteiger partial charge in [0.15, 0.2) is 0 Å². The highest BCUT2D eigenvalue weighted by Crippen LogP contribution is 2.31. The van der Waals surface area contributed by atoms with E-state index in [-0.39, 0.29) is 6.04 Å². The summed E-state index contributed by atoms with van der Waals surface area (Å²) in [7, 11) is 0. The molecule has 0 spiro atoms. The summed E-state index contributed by atoms with van der Waals surface area (Å²) in [5.74, 6) is 2.16. The summed E-state index contributed by atoms with van der Waals surface area (Å²) in [6, 6.07) is 3.96. The second kappa shape index (κ2) is 8.12. The zero-order valence-corrected chi connectivity index (χ0v) is 15.3. The van der Waals surface area contributed by atoms with E-state index in [4.69, 9.17) is 9.40 Å². The molecule has 0 bridgehead atoms. The van der Waals surface area contributed by atoms with Gasteiger partial charge in [0.1, 0.15) is 17.7 Å². The van der Waals surface area contributed by atoms with Crippen LogP contribution in [0.2, 0.25) is 0 Å². The average Bonchev–Trinajstić information content (AvgIpc) is 3.17. The van der Waals surface area contributed by atoms with E-state index in [0.717, 1.165) is 30.3 Å². The second-order valence-electron chi connectivity index (χ2n) is 7.05. The number of aromatic nitrogens is 2. The summed E-state index contributed by atoms with van der Waals surface area (Å²) in [6.45, 7) is 5.37. The van der Waals surface area contributed by atoms with Crippen molar-refractivity contribution in [1.29, 1.82) is 0 Å². The van der Waals surface area contributed by atoms with E-state index in [1.807, 2.05) is 12.1 Å². The first-order valence-corrected chi connectivity index (χ1v) is 9.71. The number of hydrogen-bond donors (Lipinski definition) is 1. The summed E-state index contributed by atoms with van der Waals surface area (Å²) in [5, 5.41) is 11.5. The van der Waals surface area contributed by atoms with Crippen molar-refractivity contribution in [3.05, 3.63) is 30.0 Å². The molecule has 24 heavy (non-hydrogen) atoms. The molecule has 1 aliphatic rings. The molecule has 0 saturated carbocycles. The summed E-state index contributed by atoms with van der Waals surface area (Å²) >= 11 is 1.50. The maximum atomic E-state index is 10.5. The van der Waals surface area contributed by atoms with Crippen LogP contribution in [0, 0.1) is 5.92 Å². The van der Waals surface area contributed by atoms with Gasteiger partial charge in [0.05, 0.1) is 6.26 Å². The van der Waals surface area contributed by atoms with Crippen molar-refractivity contribution in [3.63, 3.8) is 0 Å². The fourth-order valence-corrected chi connectivity index (χ4v) is 4.13. The molecule has 1 N–H and O–H groups in total. The summed E-state index contributed by atoms with van der Waals surface area (Å²) in [5.41, 5.74) is 0. The Labute approximate surface area is 147 Å². The van der Waals surface area contributed by atoms with Crippen LogP contribution in [0.3, 0.4) is 0 Å². The number of anilines is 1. The third-order valence-corrected chi connectivity index (χ3v) is 5.33. The summed E-state index contributed by atoms with van der Waals surface area (Å²) in [4.78, 5) is 7.13. The number of nitrogens with zero attached hydrogens (tertiary/aromatic N) is 3. The van der Waals surface area contributed by atoms with Crippen molar-refractivity contribution in [2.45, 2.75) is 64.5 Å². The molecule has 1 saturated heterocycles. The molecule has 2 unspecified atom stereocenters. The highest BCUT2D eigenvalue weighted by molar-refractivity contribution is 7.09. The first kappa shape index (κ1) is 17.4. The third kappa shape index (κ3) is 4.36.